The molecule has 136 valence electrons. The van der Waals surface area contributed by atoms with Gasteiger partial charge in [-0.25, -0.2) is 13.4 Å². The standard InChI is InChI=1S/C17H16N2O5S2/c1-17(15(21)22,10-11-6-8-12(20)9-7-11)19-26(23,24)16-18-13-4-2-3-5-14(13)25-16/h2-9,19-20H,10H2,1H3,(H,21,22)/t17-/m0/s1. The topological polar surface area (TPSA) is 117 Å². The minimum Gasteiger partial charge on any atom is -0.508 e. The van der Waals surface area contributed by atoms with Crippen LogP contribution in [0, 0.1) is 0 Å². The zero-order chi connectivity index (χ0) is 18.9. The quantitative estimate of drug-likeness (QED) is 0.593. The van der Waals surface area contributed by atoms with E-state index in [2.05, 4.69) is 9.71 Å². The van der Waals surface area contributed by atoms with Crippen LogP contribution in [-0.4, -0.2) is 35.1 Å². The number of hydrogen-bond acceptors (Lipinski definition) is 6. The van der Waals surface area contributed by atoms with Crippen molar-refractivity contribution < 1.29 is 23.4 Å². The second-order valence-corrected chi connectivity index (χ2v) is 8.92. The minimum absolute atomic E-state index is 0.0424. The van der Waals surface area contributed by atoms with Crippen molar-refractivity contribution in [1.29, 1.82) is 0 Å². The van der Waals surface area contributed by atoms with Crippen LogP contribution in [0.1, 0.15) is 12.5 Å². The van der Waals surface area contributed by atoms with Gasteiger partial charge in [-0.3, -0.25) is 4.79 Å². The molecule has 0 amide bonds. The van der Waals surface area contributed by atoms with E-state index in [9.17, 15) is 23.4 Å². The van der Waals surface area contributed by atoms with Crippen LogP contribution in [0.4, 0.5) is 0 Å². The molecule has 9 heteroatoms. The summed E-state index contributed by atoms with van der Waals surface area (Å²) >= 11 is 0.977. The monoisotopic (exact) mass is 392 g/mol. The maximum atomic E-state index is 12.7. The Bertz CT molecular complexity index is 1030. The lowest BCUT2D eigenvalue weighted by molar-refractivity contribution is -0.143. The van der Waals surface area contributed by atoms with Gasteiger partial charge in [-0.05, 0) is 36.8 Å². The second-order valence-electron chi connectivity index (χ2n) is 6.03. The van der Waals surface area contributed by atoms with Crippen molar-refractivity contribution in [3.05, 3.63) is 54.1 Å². The van der Waals surface area contributed by atoms with Gasteiger partial charge in [0.15, 0.2) is 0 Å². The molecule has 1 heterocycles. The number of carbonyl (C=O) groups is 1. The van der Waals surface area contributed by atoms with Gasteiger partial charge < -0.3 is 10.2 Å². The number of benzene rings is 2. The number of phenols is 1. The number of carboxylic acids is 1. The molecule has 3 N–H and O–H groups in total. The van der Waals surface area contributed by atoms with E-state index in [-0.39, 0.29) is 16.5 Å². The molecular weight excluding hydrogens is 376 g/mol. The van der Waals surface area contributed by atoms with Crippen molar-refractivity contribution in [1.82, 2.24) is 9.71 Å². The minimum atomic E-state index is -4.13. The molecule has 26 heavy (non-hydrogen) atoms. The summed E-state index contributed by atoms with van der Waals surface area (Å²) < 4.78 is 28.2. The van der Waals surface area contributed by atoms with Crippen LogP contribution < -0.4 is 4.72 Å². The first-order chi connectivity index (χ1) is 12.2. The number of aromatic nitrogens is 1. The SMILES string of the molecule is C[C@@](Cc1ccc(O)cc1)(NS(=O)(=O)c1nc2ccccc2s1)C(=O)O. The molecule has 0 aliphatic rings. The van der Waals surface area contributed by atoms with Gasteiger partial charge in [0.05, 0.1) is 10.2 Å². The van der Waals surface area contributed by atoms with E-state index >= 15 is 0 Å². The van der Waals surface area contributed by atoms with Crippen LogP contribution in [-0.2, 0) is 21.2 Å². The Labute approximate surface area is 154 Å². The van der Waals surface area contributed by atoms with Crippen LogP contribution >= 0.6 is 11.3 Å². The number of phenolic OH excluding ortho intramolecular Hbond substituents is 1. The highest BCUT2D eigenvalue weighted by atomic mass is 32.2. The average molecular weight is 392 g/mol. The molecule has 0 aliphatic carbocycles. The van der Waals surface area contributed by atoms with Crippen molar-refractivity contribution in [3.63, 3.8) is 0 Å². The molecule has 0 fully saturated rings. The van der Waals surface area contributed by atoms with Crippen LogP contribution in [0.2, 0.25) is 0 Å². The number of nitrogens with zero attached hydrogens (tertiary/aromatic N) is 1. The number of para-hydroxylation sites is 1. The third kappa shape index (κ3) is 3.69. The Balaban J connectivity index is 1.92. The van der Waals surface area contributed by atoms with E-state index in [0.717, 1.165) is 11.3 Å². The summed E-state index contributed by atoms with van der Waals surface area (Å²) in [5, 5.41) is 18.9. The van der Waals surface area contributed by atoms with Gasteiger partial charge in [0, 0.05) is 6.42 Å². The van der Waals surface area contributed by atoms with Crippen LogP contribution in [0.5, 0.6) is 5.75 Å². The van der Waals surface area contributed by atoms with Crippen LogP contribution in [0.15, 0.2) is 52.9 Å². The zero-order valence-electron chi connectivity index (χ0n) is 13.7. The summed E-state index contributed by atoms with van der Waals surface area (Å²) in [6.07, 6.45) is -0.0905. The smallest absolute Gasteiger partial charge is 0.324 e. The summed E-state index contributed by atoms with van der Waals surface area (Å²) in [4.78, 5) is 15.9. The first kappa shape index (κ1) is 18.3. The van der Waals surface area contributed by atoms with E-state index in [4.69, 9.17) is 0 Å². The maximum absolute atomic E-state index is 12.7. The molecule has 1 aromatic heterocycles. The number of sulfonamides is 1. The fraction of sp³-hybridized carbons (Fsp3) is 0.176. The van der Waals surface area contributed by atoms with Gasteiger partial charge in [-0.15, -0.1) is 11.3 Å². The number of rotatable bonds is 6. The van der Waals surface area contributed by atoms with Crippen molar-refractivity contribution in [2.24, 2.45) is 0 Å². The van der Waals surface area contributed by atoms with Gasteiger partial charge in [0.1, 0.15) is 11.3 Å². The Morgan fingerprint density at radius 1 is 1.19 bits per heavy atom. The predicted molar refractivity (Wildman–Crippen MR) is 97.8 cm³/mol. The highest BCUT2D eigenvalue weighted by Gasteiger charge is 2.39. The van der Waals surface area contributed by atoms with Crippen molar-refractivity contribution in [2.45, 2.75) is 23.2 Å². The summed E-state index contributed by atoms with van der Waals surface area (Å²) in [7, 11) is -4.13. The number of thiazole rings is 1. The maximum Gasteiger partial charge on any atom is 0.324 e. The number of aromatic hydroxyl groups is 1. The highest BCUT2D eigenvalue weighted by molar-refractivity contribution is 7.91. The van der Waals surface area contributed by atoms with E-state index < -0.39 is 21.5 Å². The lowest BCUT2D eigenvalue weighted by Crippen LogP contribution is -2.53. The van der Waals surface area contributed by atoms with Crippen LogP contribution in [0.25, 0.3) is 10.2 Å². The summed E-state index contributed by atoms with van der Waals surface area (Å²) in [5.41, 5.74) is -0.665. The molecule has 1 atom stereocenters. The second kappa shape index (κ2) is 6.67. The third-order valence-electron chi connectivity index (χ3n) is 3.83. The van der Waals surface area contributed by atoms with Gasteiger partial charge in [0.2, 0.25) is 4.34 Å². The molecule has 0 saturated carbocycles. The molecule has 3 rings (SSSR count). The molecule has 0 unspecified atom stereocenters. The highest BCUT2D eigenvalue weighted by Crippen LogP contribution is 2.27. The van der Waals surface area contributed by atoms with E-state index in [0.29, 0.717) is 15.8 Å². The lowest BCUT2D eigenvalue weighted by Gasteiger charge is -2.25. The summed E-state index contributed by atoms with van der Waals surface area (Å²) in [6.45, 7) is 1.30. The van der Waals surface area contributed by atoms with Gasteiger partial charge in [0.25, 0.3) is 10.0 Å². The zero-order valence-corrected chi connectivity index (χ0v) is 15.3. The van der Waals surface area contributed by atoms with E-state index in [1.54, 1.807) is 36.4 Å². The van der Waals surface area contributed by atoms with Gasteiger partial charge in [-0.1, -0.05) is 24.3 Å². The average Bonchev–Trinajstić information content (AvgIpc) is 3.01. The van der Waals surface area contributed by atoms with E-state index in [1.807, 2.05) is 0 Å². The Kier molecular flexibility index (Phi) is 4.70. The number of hydrogen-bond donors (Lipinski definition) is 3. The molecule has 0 spiro atoms. The first-order valence-corrected chi connectivity index (χ1v) is 9.90. The fourth-order valence-corrected chi connectivity index (χ4v) is 5.07. The Morgan fingerprint density at radius 2 is 1.85 bits per heavy atom. The first-order valence-electron chi connectivity index (χ1n) is 7.60. The van der Waals surface area contributed by atoms with Crippen molar-refractivity contribution in [2.75, 3.05) is 0 Å². The molecule has 0 bridgehead atoms. The number of aliphatic carboxylic acids is 1. The number of fused-ring (bicyclic) bond motifs is 1. The molecule has 3 aromatic rings. The normalized spacial score (nSPS) is 14.2. The Morgan fingerprint density at radius 3 is 2.46 bits per heavy atom. The lowest BCUT2D eigenvalue weighted by atomic mass is 9.94. The molecule has 7 nitrogen and oxygen atoms in total. The molecular formula is C17H16N2O5S2. The largest absolute Gasteiger partial charge is 0.508 e. The van der Waals surface area contributed by atoms with Crippen LogP contribution in [0.3, 0.4) is 0 Å². The Hall–Kier alpha value is -2.49. The van der Waals surface area contributed by atoms with Crippen molar-refractivity contribution >= 4 is 37.5 Å². The molecule has 0 aliphatic heterocycles. The van der Waals surface area contributed by atoms with Gasteiger partial charge in [-0.2, -0.15) is 4.72 Å². The predicted octanol–water partition coefficient (Wildman–Crippen LogP) is 2.37. The third-order valence-corrected chi connectivity index (χ3v) is 6.84. The van der Waals surface area contributed by atoms with E-state index in [1.165, 1.54) is 19.1 Å². The molecule has 0 saturated heterocycles. The number of carboxylic acid groups (broad SMARTS) is 1. The summed E-state index contributed by atoms with van der Waals surface area (Å²) in [5.74, 6) is -1.27. The fourth-order valence-electron chi connectivity index (χ4n) is 2.48. The van der Waals surface area contributed by atoms with Gasteiger partial charge >= 0.3 is 5.97 Å². The van der Waals surface area contributed by atoms with Crippen molar-refractivity contribution in [3.8, 4) is 5.75 Å². The summed E-state index contributed by atoms with van der Waals surface area (Å²) in [6, 6.07) is 12.9. The number of nitrogens with one attached hydrogen (secondary N) is 1. The molecule has 0 radical (unpaired) electrons. The molecule has 2 aromatic carbocycles.